The van der Waals surface area contributed by atoms with Crippen LogP contribution in [0.5, 0.6) is 5.75 Å². The normalized spacial score (nSPS) is 12.2. The lowest BCUT2D eigenvalue weighted by Gasteiger charge is -2.16. The summed E-state index contributed by atoms with van der Waals surface area (Å²) in [5.74, 6) is 0.720. The first-order valence-corrected chi connectivity index (χ1v) is 6.65. The van der Waals surface area contributed by atoms with Gasteiger partial charge in [0, 0.05) is 17.8 Å². The maximum Gasteiger partial charge on any atom is 0.139 e. The van der Waals surface area contributed by atoms with Crippen molar-refractivity contribution in [2.24, 2.45) is 0 Å². The predicted octanol–water partition coefficient (Wildman–Crippen LogP) is 4.73. The van der Waals surface area contributed by atoms with Gasteiger partial charge in [-0.3, -0.25) is 0 Å². The number of hydrogen-bond acceptors (Lipinski definition) is 2. The first-order chi connectivity index (χ1) is 8.17. The third-order valence-electron chi connectivity index (χ3n) is 2.80. The van der Waals surface area contributed by atoms with Crippen molar-refractivity contribution in [3.8, 4) is 5.75 Å². The van der Waals surface area contributed by atoms with E-state index in [0.29, 0.717) is 11.1 Å². The molecule has 0 bridgehead atoms. The molecule has 1 N–H and O–H groups in total. The van der Waals surface area contributed by atoms with Gasteiger partial charge >= 0.3 is 0 Å². The molecule has 17 heavy (non-hydrogen) atoms. The van der Waals surface area contributed by atoms with E-state index in [1.165, 1.54) is 25.7 Å². The number of ether oxygens (including phenoxy) is 1. The first-order valence-electron chi connectivity index (χ1n) is 6.27. The van der Waals surface area contributed by atoms with Gasteiger partial charge in [-0.1, -0.05) is 37.8 Å². The van der Waals surface area contributed by atoms with Crippen molar-refractivity contribution < 1.29 is 4.74 Å². The van der Waals surface area contributed by atoms with Crippen molar-refractivity contribution in [3.05, 3.63) is 23.2 Å². The van der Waals surface area contributed by atoms with E-state index in [1.54, 1.807) is 7.11 Å². The highest BCUT2D eigenvalue weighted by Crippen LogP contribution is 2.27. The van der Waals surface area contributed by atoms with Gasteiger partial charge in [0.15, 0.2) is 0 Å². The molecule has 1 aromatic rings. The van der Waals surface area contributed by atoms with Gasteiger partial charge in [0.2, 0.25) is 0 Å². The van der Waals surface area contributed by atoms with Crippen LogP contribution >= 0.6 is 11.6 Å². The molecular weight excluding hydrogens is 234 g/mol. The summed E-state index contributed by atoms with van der Waals surface area (Å²) in [6, 6.07) is 6.27. The van der Waals surface area contributed by atoms with E-state index in [2.05, 4.69) is 19.2 Å². The summed E-state index contributed by atoms with van der Waals surface area (Å²) in [7, 11) is 1.63. The number of unbranched alkanes of at least 4 members (excludes halogenated alkanes) is 2. The molecule has 0 aliphatic carbocycles. The molecule has 1 atom stereocenters. The number of rotatable bonds is 7. The molecule has 1 aromatic carbocycles. The quantitative estimate of drug-likeness (QED) is 0.712. The zero-order valence-electron chi connectivity index (χ0n) is 10.9. The molecular formula is C14H22ClNO. The number of anilines is 1. The molecule has 0 spiro atoms. The number of methoxy groups -OCH3 is 1. The Labute approximate surface area is 109 Å². The summed E-state index contributed by atoms with van der Waals surface area (Å²) < 4.78 is 5.19. The molecule has 1 unspecified atom stereocenters. The van der Waals surface area contributed by atoms with Crippen molar-refractivity contribution in [2.75, 3.05) is 12.4 Å². The number of hydrogen-bond donors (Lipinski definition) is 1. The molecule has 0 saturated carbocycles. The molecule has 0 amide bonds. The fourth-order valence-electron chi connectivity index (χ4n) is 1.81. The zero-order valence-corrected chi connectivity index (χ0v) is 11.7. The maximum absolute atomic E-state index is 5.98. The highest BCUT2D eigenvalue weighted by molar-refractivity contribution is 6.32. The van der Waals surface area contributed by atoms with Gasteiger partial charge in [-0.2, -0.15) is 0 Å². The number of nitrogens with one attached hydrogen (secondary N) is 1. The SMILES string of the molecule is CCCCCC(C)Nc1ccc(Cl)c(OC)c1. The minimum absolute atomic E-state index is 0.479. The van der Waals surface area contributed by atoms with Crippen LogP contribution in [0.2, 0.25) is 5.02 Å². The number of halogens is 1. The highest BCUT2D eigenvalue weighted by Gasteiger charge is 2.05. The van der Waals surface area contributed by atoms with Crippen LogP contribution < -0.4 is 10.1 Å². The van der Waals surface area contributed by atoms with Crippen molar-refractivity contribution >= 4 is 17.3 Å². The molecule has 0 fully saturated rings. The van der Waals surface area contributed by atoms with Crippen molar-refractivity contribution in [1.29, 1.82) is 0 Å². The summed E-state index contributed by atoms with van der Waals surface area (Å²) in [4.78, 5) is 0. The van der Waals surface area contributed by atoms with E-state index in [0.717, 1.165) is 11.4 Å². The van der Waals surface area contributed by atoms with Gasteiger partial charge in [0.05, 0.1) is 12.1 Å². The minimum Gasteiger partial charge on any atom is -0.495 e. The molecule has 0 aliphatic rings. The standard InChI is InChI=1S/C14H22ClNO/c1-4-5-6-7-11(2)16-12-8-9-13(15)14(10-12)17-3/h8-11,16H,4-7H2,1-3H3. The monoisotopic (exact) mass is 255 g/mol. The van der Waals surface area contributed by atoms with Crippen LogP contribution in [-0.4, -0.2) is 13.2 Å². The summed E-state index contributed by atoms with van der Waals surface area (Å²) in [5.41, 5.74) is 1.07. The zero-order chi connectivity index (χ0) is 12.7. The Kier molecular flexibility index (Phi) is 6.20. The topological polar surface area (TPSA) is 21.3 Å². The molecule has 0 heterocycles. The lowest BCUT2D eigenvalue weighted by molar-refractivity contribution is 0.415. The average molecular weight is 256 g/mol. The predicted molar refractivity (Wildman–Crippen MR) is 75.2 cm³/mol. The largest absolute Gasteiger partial charge is 0.495 e. The van der Waals surface area contributed by atoms with Crippen LogP contribution in [-0.2, 0) is 0 Å². The highest BCUT2D eigenvalue weighted by atomic mass is 35.5. The van der Waals surface area contributed by atoms with Crippen LogP contribution in [0.1, 0.15) is 39.5 Å². The maximum atomic E-state index is 5.98. The second kappa shape index (κ2) is 7.44. The number of benzene rings is 1. The van der Waals surface area contributed by atoms with Gasteiger partial charge in [0.25, 0.3) is 0 Å². The summed E-state index contributed by atoms with van der Waals surface area (Å²) in [6.07, 6.45) is 5.03. The second-order valence-electron chi connectivity index (χ2n) is 4.39. The Balaban J connectivity index is 2.50. The average Bonchev–Trinajstić information content (AvgIpc) is 2.32. The third-order valence-corrected chi connectivity index (χ3v) is 3.12. The van der Waals surface area contributed by atoms with E-state index >= 15 is 0 Å². The molecule has 1 rings (SSSR count). The van der Waals surface area contributed by atoms with Gasteiger partial charge < -0.3 is 10.1 Å². The molecule has 0 saturated heterocycles. The van der Waals surface area contributed by atoms with Crippen LogP contribution in [0.4, 0.5) is 5.69 Å². The lowest BCUT2D eigenvalue weighted by atomic mass is 10.1. The van der Waals surface area contributed by atoms with Crippen LogP contribution in [0.25, 0.3) is 0 Å². The van der Waals surface area contributed by atoms with E-state index in [9.17, 15) is 0 Å². The van der Waals surface area contributed by atoms with Crippen LogP contribution in [0.3, 0.4) is 0 Å². The molecule has 0 radical (unpaired) electrons. The summed E-state index contributed by atoms with van der Waals surface area (Å²) in [5, 5.41) is 4.11. The van der Waals surface area contributed by atoms with Gasteiger partial charge in [-0.05, 0) is 25.5 Å². The smallest absolute Gasteiger partial charge is 0.139 e. The van der Waals surface area contributed by atoms with E-state index < -0.39 is 0 Å². The Morgan fingerprint density at radius 2 is 2.12 bits per heavy atom. The first kappa shape index (κ1) is 14.2. The molecule has 2 nitrogen and oxygen atoms in total. The Morgan fingerprint density at radius 1 is 1.35 bits per heavy atom. The fraction of sp³-hybridized carbons (Fsp3) is 0.571. The van der Waals surface area contributed by atoms with E-state index in [-0.39, 0.29) is 0 Å². The fourth-order valence-corrected chi connectivity index (χ4v) is 2.00. The molecule has 3 heteroatoms. The minimum atomic E-state index is 0.479. The van der Waals surface area contributed by atoms with Gasteiger partial charge in [-0.25, -0.2) is 0 Å². The Hall–Kier alpha value is -0.890. The van der Waals surface area contributed by atoms with Gasteiger partial charge in [-0.15, -0.1) is 0 Å². The molecule has 96 valence electrons. The molecule has 0 aliphatic heterocycles. The van der Waals surface area contributed by atoms with Gasteiger partial charge in [0.1, 0.15) is 5.75 Å². The summed E-state index contributed by atoms with van der Waals surface area (Å²) in [6.45, 7) is 4.43. The summed E-state index contributed by atoms with van der Waals surface area (Å²) >= 11 is 5.98. The third kappa shape index (κ3) is 4.86. The van der Waals surface area contributed by atoms with Crippen molar-refractivity contribution in [1.82, 2.24) is 0 Å². The second-order valence-corrected chi connectivity index (χ2v) is 4.80. The van der Waals surface area contributed by atoms with E-state index in [4.69, 9.17) is 16.3 Å². The van der Waals surface area contributed by atoms with E-state index in [1.807, 2.05) is 18.2 Å². The van der Waals surface area contributed by atoms with Crippen molar-refractivity contribution in [2.45, 2.75) is 45.6 Å². The lowest BCUT2D eigenvalue weighted by Crippen LogP contribution is -2.14. The van der Waals surface area contributed by atoms with Crippen LogP contribution in [0.15, 0.2) is 18.2 Å². The Bertz CT molecular complexity index is 341. The molecule has 0 aromatic heterocycles. The van der Waals surface area contributed by atoms with Crippen LogP contribution in [0, 0.1) is 0 Å². The Morgan fingerprint density at radius 3 is 2.76 bits per heavy atom. The van der Waals surface area contributed by atoms with Crippen molar-refractivity contribution in [3.63, 3.8) is 0 Å².